The minimum atomic E-state index is -0.457. The summed E-state index contributed by atoms with van der Waals surface area (Å²) >= 11 is 0. The zero-order chi connectivity index (χ0) is 32.4. The molecule has 2 N–H and O–H groups in total. The average molecular weight is 603 g/mol. The van der Waals surface area contributed by atoms with Gasteiger partial charge in [-0.1, -0.05) is 110 Å². The maximum atomic E-state index is 9.69. The van der Waals surface area contributed by atoms with Gasteiger partial charge in [0.05, 0.1) is 13.2 Å². The molecule has 0 aliphatic heterocycles. The molecule has 4 heteroatoms. The summed E-state index contributed by atoms with van der Waals surface area (Å²) in [5.74, 6) is 3.07. The van der Waals surface area contributed by atoms with E-state index >= 15 is 0 Å². The van der Waals surface area contributed by atoms with Crippen LogP contribution in [-0.4, -0.2) is 36.6 Å². The molecule has 3 aromatic rings. The lowest BCUT2D eigenvalue weighted by Gasteiger charge is -2.36. The Hall–Kier alpha value is -2.82. The predicted octanol–water partition coefficient (Wildman–Crippen LogP) is 9.84. The van der Waals surface area contributed by atoms with E-state index in [9.17, 15) is 10.2 Å². The number of aliphatic hydroxyl groups is 2. The molecule has 0 amide bonds. The molecule has 3 rings (SSSR count). The van der Waals surface area contributed by atoms with Crippen molar-refractivity contribution >= 4 is 0 Å². The van der Waals surface area contributed by atoms with Crippen LogP contribution in [0.3, 0.4) is 0 Å². The van der Waals surface area contributed by atoms with E-state index in [0.717, 1.165) is 37.2 Å². The summed E-state index contributed by atoms with van der Waals surface area (Å²) in [5, 5.41) is 19.4. The lowest BCUT2D eigenvalue weighted by molar-refractivity contribution is 0.198. The van der Waals surface area contributed by atoms with Crippen LogP contribution >= 0.6 is 0 Å². The molecule has 0 spiro atoms. The Kier molecular flexibility index (Phi) is 13.4. The van der Waals surface area contributed by atoms with Crippen molar-refractivity contribution in [2.24, 2.45) is 0 Å². The van der Waals surface area contributed by atoms with Crippen LogP contribution in [0.25, 0.3) is 0 Å². The molecule has 0 fully saturated rings. The van der Waals surface area contributed by atoms with Gasteiger partial charge in [-0.3, -0.25) is 0 Å². The molecule has 4 nitrogen and oxygen atoms in total. The molecule has 44 heavy (non-hydrogen) atoms. The topological polar surface area (TPSA) is 58.9 Å². The van der Waals surface area contributed by atoms with Crippen LogP contribution in [0.5, 0.6) is 11.5 Å². The van der Waals surface area contributed by atoms with Gasteiger partial charge < -0.3 is 19.7 Å². The zero-order valence-corrected chi connectivity index (χ0v) is 28.9. The summed E-state index contributed by atoms with van der Waals surface area (Å²) in [6, 6.07) is 20.4. The van der Waals surface area contributed by atoms with Crippen LogP contribution in [0, 0.1) is 0 Å². The minimum absolute atomic E-state index is 0.00907. The molecular formula is C40H58O4. The molecule has 242 valence electrons. The van der Waals surface area contributed by atoms with E-state index in [0.29, 0.717) is 23.7 Å². The lowest BCUT2D eigenvalue weighted by atomic mass is 9.68. The number of rotatable bonds is 17. The largest absolute Gasteiger partial charge is 0.491 e. The Morgan fingerprint density at radius 2 is 0.864 bits per heavy atom. The molecule has 0 radical (unpaired) electrons. The summed E-state index contributed by atoms with van der Waals surface area (Å²) in [6.45, 7) is 21.0. The van der Waals surface area contributed by atoms with Gasteiger partial charge in [0.2, 0.25) is 0 Å². The summed E-state index contributed by atoms with van der Waals surface area (Å²) in [7, 11) is 0. The SMILES string of the molecule is CCC(C)c1cc(C(C)(c2ccccc2)c2cc(C(C)CC)c(OCCO)c(C(C)CC)c2)cc(C(C)CC)c1OCCO. The highest BCUT2D eigenvalue weighted by Crippen LogP contribution is 2.48. The fraction of sp³-hybridized carbons (Fsp3) is 0.550. The van der Waals surface area contributed by atoms with Crippen LogP contribution < -0.4 is 9.47 Å². The van der Waals surface area contributed by atoms with Crippen LogP contribution in [-0.2, 0) is 5.41 Å². The highest BCUT2D eigenvalue weighted by atomic mass is 16.5. The monoisotopic (exact) mass is 602 g/mol. The quantitative estimate of drug-likeness (QED) is 0.151. The number of aliphatic hydroxyl groups excluding tert-OH is 2. The van der Waals surface area contributed by atoms with Gasteiger partial charge in [0, 0.05) is 5.41 Å². The first-order valence-electron chi connectivity index (χ1n) is 17.0. The fourth-order valence-electron chi connectivity index (χ4n) is 6.17. The smallest absolute Gasteiger partial charge is 0.126 e. The molecule has 0 bridgehead atoms. The van der Waals surface area contributed by atoms with Crippen molar-refractivity contribution in [2.45, 2.75) is 117 Å². The number of hydrogen-bond donors (Lipinski definition) is 2. The molecular weight excluding hydrogens is 544 g/mol. The van der Waals surface area contributed by atoms with E-state index in [1.807, 2.05) is 0 Å². The van der Waals surface area contributed by atoms with Gasteiger partial charge in [-0.15, -0.1) is 0 Å². The number of hydrogen-bond acceptors (Lipinski definition) is 4. The Balaban J connectivity index is 2.51. The molecule has 0 saturated carbocycles. The first kappa shape index (κ1) is 35.7. The van der Waals surface area contributed by atoms with Gasteiger partial charge in [0.1, 0.15) is 24.7 Å². The standard InChI is InChI=1S/C40H58O4/c1-10-27(5)34-23-32(24-35(28(6)11-2)38(34)43-21-19-41)40(9,31-17-15-14-16-18-31)33-25-36(29(7)12-3)39(44-22-20-42)37(26-33)30(8)13-4/h14-18,23-30,41-42H,10-13,19-22H2,1-9H3. The van der Waals surface area contributed by atoms with Crippen molar-refractivity contribution in [1.29, 1.82) is 0 Å². The van der Waals surface area contributed by atoms with E-state index in [1.54, 1.807) is 0 Å². The summed E-state index contributed by atoms with van der Waals surface area (Å²) in [5.41, 5.74) is 8.13. The molecule has 0 saturated heterocycles. The van der Waals surface area contributed by atoms with Gasteiger partial charge in [0.25, 0.3) is 0 Å². The Bertz CT molecular complexity index is 1170. The first-order valence-corrected chi connectivity index (χ1v) is 17.0. The molecule has 0 aromatic heterocycles. The van der Waals surface area contributed by atoms with Crippen molar-refractivity contribution in [1.82, 2.24) is 0 Å². The van der Waals surface area contributed by atoms with Gasteiger partial charge in [-0.25, -0.2) is 0 Å². The van der Waals surface area contributed by atoms with E-state index in [1.165, 1.54) is 38.9 Å². The van der Waals surface area contributed by atoms with E-state index in [4.69, 9.17) is 9.47 Å². The van der Waals surface area contributed by atoms with E-state index in [-0.39, 0.29) is 26.4 Å². The number of benzene rings is 3. The van der Waals surface area contributed by atoms with Crippen molar-refractivity contribution in [3.05, 3.63) is 93.5 Å². The molecule has 4 atom stereocenters. The van der Waals surface area contributed by atoms with Crippen LogP contribution in [0.4, 0.5) is 0 Å². The summed E-state index contributed by atoms with van der Waals surface area (Å²) < 4.78 is 12.7. The van der Waals surface area contributed by atoms with Crippen molar-refractivity contribution in [3.63, 3.8) is 0 Å². The zero-order valence-electron chi connectivity index (χ0n) is 28.9. The normalized spacial score (nSPS) is 15.7. The van der Waals surface area contributed by atoms with Crippen molar-refractivity contribution < 1.29 is 19.7 Å². The van der Waals surface area contributed by atoms with E-state index < -0.39 is 5.41 Å². The highest BCUT2D eigenvalue weighted by molar-refractivity contribution is 5.59. The number of ether oxygens (including phenoxy) is 2. The fourth-order valence-corrected chi connectivity index (χ4v) is 6.17. The average Bonchev–Trinajstić information content (AvgIpc) is 3.07. The van der Waals surface area contributed by atoms with Crippen LogP contribution in [0.2, 0.25) is 0 Å². The first-order chi connectivity index (χ1) is 21.1. The van der Waals surface area contributed by atoms with Crippen molar-refractivity contribution in [2.75, 3.05) is 26.4 Å². The summed E-state index contributed by atoms with van der Waals surface area (Å²) in [6.07, 6.45) is 3.98. The maximum absolute atomic E-state index is 9.69. The second-order valence-corrected chi connectivity index (χ2v) is 12.8. The van der Waals surface area contributed by atoms with E-state index in [2.05, 4.69) is 117 Å². The Labute approximate surface area is 267 Å². The highest BCUT2D eigenvalue weighted by Gasteiger charge is 2.36. The molecule has 4 unspecified atom stereocenters. The molecule has 3 aromatic carbocycles. The van der Waals surface area contributed by atoms with Gasteiger partial charge in [0.15, 0.2) is 0 Å². The predicted molar refractivity (Wildman–Crippen MR) is 185 cm³/mol. The lowest BCUT2D eigenvalue weighted by Crippen LogP contribution is -2.27. The van der Waals surface area contributed by atoms with Gasteiger partial charge in [-0.2, -0.15) is 0 Å². The van der Waals surface area contributed by atoms with Crippen LogP contribution in [0.1, 0.15) is 151 Å². The Morgan fingerprint density at radius 3 is 1.14 bits per heavy atom. The second-order valence-electron chi connectivity index (χ2n) is 12.8. The minimum Gasteiger partial charge on any atom is -0.491 e. The maximum Gasteiger partial charge on any atom is 0.126 e. The Morgan fingerprint density at radius 1 is 0.545 bits per heavy atom. The summed E-state index contributed by atoms with van der Waals surface area (Å²) in [4.78, 5) is 0. The molecule has 0 heterocycles. The van der Waals surface area contributed by atoms with Gasteiger partial charge >= 0.3 is 0 Å². The van der Waals surface area contributed by atoms with Crippen LogP contribution in [0.15, 0.2) is 54.6 Å². The third-order valence-electron chi connectivity index (χ3n) is 10.0. The third kappa shape index (κ3) is 7.51. The van der Waals surface area contributed by atoms with Gasteiger partial charge in [-0.05, 0) is 95.2 Å². The third-order valence-corrected chi connectivity index (χ3v) is 10.0. The second kappa shape index (κ2) is 16.5. The van der Waals surface area contributed by atoms with Crippen molar-refractivity contribution in [3.8, 4) is 11.5 Å². The molecule has 0 aliphatic rings. The molecule has 0 aliphatic carbocycles.